The maximum Gasteiger partial charge on any atom is 0.106 e. The summed E-state index contributed by atoms with van der Waals surface area (Å²) >= 11 is 3.33. The molecule has 0 radical (unpaired) electrons. The fourth-order valence-electron chi connectivity index (χ4n) is 1.14. The lowest BCUT2D eigenvalue weighted by Crippen LogP contribution is -2.05. The van der Waals surface area contributed by atoms with Crippen LogP contribution in [0, 0.1) is 0 Å². The summed E-state index contributed by atoms with van der Waals surface area (Å²) in [6.07, 6.45) is 2.85. The van der Waals surface area contributed by atoms with Crippen LogP contribution in [0.3, 0.4) is 0 Å². The van der Waals surface area contributed by atoms with Gasteiger partial charge in [-0.05, 0) is 28.1 Å². The van der Waals surface area contributed by atoms with E-state index in [1.54, 1.807) is 0 Å². The number of halogens is 1. The fraction of sp³-hybridized carbons (Fsp3) is 0.250. The quantitative estimate of drug-likeness (QED) is 0.601. The zero-order valence-corrected chi connectivity index (χ0v) is 7.50. The summed E-state index contributed by atoms with van der Waals surface area (Å²) < 4.78 is 0.909. The minimum Gasteiger partial charge on any atom is -0.292 e. The van der Waals surface area contributed by atoms with E-state index in [4.69, 9.17) is 0 Å². The van der Waals surface area contributed by atoms with Crippen LogP contribution in [0.5, 0.6) is 0 Å². The van der Waals surface area contributed by atoms with Crippen LogP contribution in [-0.4, -0.2) is 17.7 Å². The summed E-state index contributed by atoms with van der Waals surface area (Å²) in [6.45, 7) is 0.871. The van der Waals surface area contributed by atoms with Gasteiger partial charge in [-0.3, -0.25) is 4.99 Å². The lowest BCUT2D eigenvalue weighted by molar-refractivity contribution is 0.900. The Morgan fingerprint density at radius 2 is 2.27 bits per heavy atom. The number of rotatable bonds is 0. The summed E-state index contributed by atoms with van der Waals surface area (Å²) in [4.78, 5) is 8.51. The lowest BCUT2D eigenvalue weighted by Gasteiger charge is -2.07. The molecular weight excluding hydrogens is 204 g/mol. The predicted octanol–water partition coefficient (Wildman–Crippen LogP) is 1.82. The van der Waals surface area contributed by atoms with E-state index in [1.165, 1.54) is 0 Å². The van der Waals surface area contributed by atoms with Crippen molar-refractivity contribution < 1.29 is 0 Å². The Labute approximate surface area is 73.5 Å². The summed E-state index contributed by atoms with van der Waals surface area (Å²) in [7, 11) is 0. The lowest BCUT2D eigenvalue weighted by atomic mass is 10.1. The van der Waals surface area contributed by atoms with Crippen LogP contribution in [-0.2, 0) is 6.42 Å². The molecule has 2 heterocycles. The van der Waals surface area contributed by atoms with Gasteiger partial charge >= 0.3 is 0 Å². The van der Waals surface area contributed by atoms with Gasteiger partial charge in [-0.15, -0.1) is 0 Å². The molecule has 0 amide bonds. The number of fused-ring (bicyclic) bond motifs is 1. The molecule has 1 aliphatic heterocycles. The topological polar surface area (TPSA) is 25.2 Å². The van der Waals surface area contributed by atoms with E-state index in [0.717, 1.165) is 28.8 Å². The molecule has 0 unspecified atom stereocenters. The summed E-state index contributed by atoms with van der Waals surface area (Å²) in [5.41, 5.74) is 2.30. The Bertz CT molecular complexity index is 307. The van der Waals surface area contributed by atoms with Crippen molar-refractivity contribution in [2.45, 2.75) is 6.42 Å². The average Bonchev–Trinajstić information content (AvgIpc) is 2.04. The van der Waals surface area contributed by atoms with Gasteiger partial charge < -0.3 is 0 Å². The molecule has 1 aromatic rings. The largest absolute Gasteiger partial charge is 0.292 e. The molecule has 3 heteroatoms. The Hall–Kier alpha value is -0.700. The molecule has 0 spiro atoms. The minimum atomic E-state index is 0.871. The molecule has 0 atom stereocenters. The molecular formula is C8H7BrN2. The Morgan fingerprint density at radius 1 is 1.36 bits per heavy atom. The van der Waals surface area contributed by atoms with Gasteiger partial charge in [0.05, 0.1) is 5.69 Å². The molecule has 0 N–H and O–H groups in total. The smallest absolute Gasteiger partial charge is 0.106 e. The zero-order valence-electron chi connectivity index (χ0n) is 5.92. The van der Waals surface area contributed by atoms with Gasteiger partial charge in [0.2, 0.25) is 0 Å². The Balaban J connectivity index is 2.53. The van der Waals surface area contributed by atoms with Crippen LogP contribution in [0.4, 0.5) is 0 Å². The number of aromatic nitrogens is 1. The maximum absolute atomic E-state index is 4.34. The van der Waals surface area contributed by atoms with E-state index < -0.39 is 0 Å². The van der Waals surface area contributed by atoms with Crippen molar-refractivity contribution >= 4 is 22.1 Å². The molecule has 0 saturated heterocycles. The highest BCUT2D eigenvalue weighted by Gasteiger charge is 2.05. The first kappa shape index (κ1) is 6.98. The second kappa shape index (κ2) is 2.74. The van der Waals surface area contributed by atoms with Gasteiger partial charge in [-0.1, -0.05) is 0 Å². The van der Waals surface area contributed by atoms with Crippen LogP contribution in [0.15, 0.2) is 21.7 Å². The standard InChI is InChI=1S/C8H7BrN2/c9-8-2-1-6-5-10-4-3-7(6)11-8/h1-2,5H,3-4H2. The van der Waals surface area contributed by atoms with Crippen molar-refractivity contribution in [2.24, 2.45) is 4.99 Å². The molecule has 2 rings (SSSR count). The van der Waals surface area contributed by atoms with E-state index in [-0.39, 0.29) is 0 Å². The van der Waals surface area contributed by atoms with Crippen molar-refractivity contribution in [2.75, 3.05) is 6.54 Å². The molecule has 0 aromatic carbocycles. The Morgan fingerprint density at radius 3 is 3.18 bits per heavy atom. The van der Waals surface area contributed by atoms with Crippen molar-refractivity contribution in [3.8, 4) is 0 Å². The monoisotopic (exact) mass is 210 g/mol. The summed E-state index contributed by atoms with van der Waals surface area (Å²) in [5, 5.41) is 0. The number of aliphatic imine (C=N–C) groups is 1. The minimum absolute atomic E-state index is 0.871. The highest BCUT2D eigenvalue weighted by Crippen LogP contribution is 2.13. The molecule has 0 bridgehead atoms. The van der Waals surface area contributed by atoms with Gasteiger partial charge in [0.25, 0.3) is 0 Å². The second-order valence-corrected chi connectivity index (χ2v) is 3.27. The van der Waals surface area contributed by atoms with Crippen molar-refractivity contribution in [3.63, 3.8) is 0 Å². The number of nitrogens with zero attached hydrogens (tertiary/aromatic N) is 2. The van der Waals surface area contributed by atoms with Crippen LogP contribution in [0.2, 0.25) is 0 Å². The molecule has 0 fully saturated rings. The highest BCUT2D eigenvalue weighted by molar-refractivity contribution is 9.10. The zero-order chi connectivity index (χ0) is 7.68. The first-order chi connectivity index (χ1) is 5.36. The third-order valence-corrected chi connectivity index (χ3v) is 2.13. The van der Waals surface area contributed by atoms with Gasteiger partial charge in [-0.2, -0.15) is 0 Å². The van der Waals surface area contributed by atoms with Gasteiger partial charge in [0.1, 0.15) is 4.60 Å². The molecule has 11 heavy (non-hydrogen) atoms. The fourth-order valence-corrected chi connectivity index (χ4v) is 1.48. The van der Waals surface area contributed by atoms with Crippen LogP contribution >= 0.6 is 15.9 Å². The van der Waals surface area contributed by atoms with Crippen molar-refractivity contribution in [1.29, 1.82) is 0 Å². The maximum atomic E-state index is 4.34. The molecule has 56 valence electrons. The molecule has 1 aliphatic rings. The van der Waals surface area contributed by atoms with Gasteiger partial charge in [0, 0.05) is 24.7 Å². The van der Waals surface area contributed by atoms with Crippen molar-refractivity contribution in [1.82, 2.24) is 4.98 Å². The molecule has 0 aliphatic carbocycles. The molecule has 2 nitrogen and oxygen atoms in total. The van der Waals surface area contributed by atoms with Crippen LogP contribution in [0.1, 0.15) is 11.3 Å². The third kappa shape index (κ3) is 1.33. The third-order valence-electron chi connectivity index (χ3n) is 1.68. The Kier molecular flexibility index (Phi) is 1.74. The average molecular weight is 211 g/mol. The second-order valence-electron chi connectivity index (χ2n) is 2.46. The van der Waals surface area contributed by atoms with Crippen LogP contribution in [0.25, 0.3) is 0 Å². The first-order valence-electron chi connectivity index (χ1n) is 3.51. The first-order valence-corrected chi connectivity index (χ1v) is 4.31. The summed E-state index contributed by atoms with van der Waals surface area (Å²) in [5.74, 6) is 0. The van der Waals surface area contributed by atoms with E-state index >= 15 is 0 Å². The molecule has 1 aromatic heterocycles. The van der Waals surface area contributed by atoms with Crippen molar-refractivity contribution in [3.05, 3.63) is 28.0 Å². The highest BCUT2D eigenvalue weighted by atomic mass is 79.9. The predicted molar refractivity (Wildman–Crippen MR) is 48.1 cm³/mol. The van der Waals surface area contributed by atoms with Gasteiger partial charge in [-0.25, -0.2) is 4.98 Å². The van der Waals surface area contributed by atoms with E-state index in [9.17, 15) is 0 Å². The SMILES string of the molecule is Brc1ccc2c(n1)CCN=C2. The van der Waals surface area contributed by atoms with Crippen LogP contribution < -0.4 is 0 Å². The summed E-state index contributed by atoms with van der Waals surface area (Å²) in [6, 6.07) is 3.98. The molecule has 0 saturated carbocycles. The van der Waals surface area contributed by atoms with E-state index in [0.29, 0.717) is 0 Å². The van der Waals surface area contributed by atoms with E-state index in [1.807, 2.05) is 18.3 Å². The number of pyridine rings is 1. The normalized spacial score (nSPS) is 14.6. The number of hydrogen-bond acceptors (Lipinski definition) is 2. The van der Waals surface area contributed by atoms with E-state index in [2.05, 4.69) is 25.9 Å². The van der Waals surface area contributed by atoms with Gasteiger partial charge in [0.15, 0.2) is 0 Å². The number of hydrogen-bond donors (Lipinski definition) is 0.